The number of hydrogen-bond donors (Lipinski definition) is 1. The van der Waals surface area contributed by atoms with Crippen molar-refractivity contribution in [2.75, 3.05) is 20.1 Å². The Hall–Kier alpha value is -2.35. The van der Waals surface area contributed by atoms with Crippen molar-refractivity contribution >= 4 is 0 Å². The molecule has 0 amide bonds. The molecule has 2 atom stereocenters. The monoisotopic (exact) mass is 466 g/mol. The van der Waals surface area contributed by atoms with Gasteiger partial charge in [0.2, 0.25) is 0 Å². The van der Waals surface area contributed by atoms with Crippen LogP contribution in [0.15, 0.2) is 46.8 Å². The van der Waals surface area contributed by atoms with E-state index in [0.717, 1.165) is 25.1 Å². The standard InChI is InChI=1S/C27H38N4O3/c1-18(2)27(26(6)16-31(7)17-26)10-8-19(9-11-27)23(32)20-12-21(14-28-13-20)24-29-22(30-34-24)15-33-25(3,4)5/h8-10,12-14,18,23,32H,11,15-17H2,1-7H3. The summed E-state index contributed by atoms with van der Waals surface area (Å²) in [5.74, 6) is 1.36. The zero-order valence-corrected chi connectivity index (χ0v) is 21.5. The van der Waals surface area contributed by atoms with Gasteiger partial charge in [0.05, 0.1) is 11.2 Å². The van der Waals surface area contributed by atoms with Crippen molar-refractivity contribution in [3.05, 3.63) is 53.6 Å². The number of nitrogens with zero attached hydrogens (tertiary/aromatic N) is 4. The van der Waals surface area contributed by atoms with Crippen LogP contribution in [-0.2, 0) is 11.3 Å². The van der Waals surface area contributed by atoms with Crippen LogP contribution in [0.3, 0.4) is 0 Å². The smallest absolute Gasteiger partial charge is 0.259 e. The zero-order chi connectivity index (χ0) is 24.7. The molecule has 0 spiro atoms. The van der Waals surface area contributed by atoms with Crippen LogP contribution in [0, 0.1) is 16.7 Å². The van der Waals surface area contributed by atoms with Gasteiger partial charge < -0.3 is 19.3 Å². The van der Waals surface area contributed by atoms with E-state index in [4.69, 9.17) is 9.26 Å². The molecule has 2 aliphatic rings. The fourth-order valence-electron chi connectivity index (χ4n) is 5.51. The second-order valence-electron chi connectivity index (χ2n) is 11.5. The molecule has 34 heavy (non-hydrogen) atoms. The SMILES string of the molecule is CC(C)C1(C2(C)CN(C)C2)C=CC(C(O)c2cncc(-c3nc(COC(C)(C)C)no3)c2)=CC1. The number of likely N-dealkylation sites (tertiary alicyclic amines) is 1. The minimum Gasteiger partial charge on any atom is -0.384 e. The number of aliphatic hydroxyl groups is 1. The number of aromatic nitrogens is 3. The Bertz CT molecular complexity index is 1080. The first-order valence-electron chi connectivity index (χ1n) is 12.1. The molecule has 1 aliphatic heterocycles. The first kappa shape index (κ1) is 24.8. The first-order valence-corrected chi connectivity index (χ1v) is 12.1. The highest BCUT2D eigenvalue weighted by Gasteiger charge is 2.53. The predicted molar refractivity (Wildman–Crippen MR) is 132 cm³/mol. The van der Waals surface area contributed by atoms with Gasteiger partial charge in [0.25, 0.3) is 5.89 Å². The highest BCUT2D eigenvalue weighted by atomic mass is 16.5. The van der Waals surface area contributed by atoms with Crippen LogP contribution >= 0.6 is 0 Å². The summed E-state index contributed by atoms with van der Waals surface area (Å²) in [6, 6.07) is 1.86. The molecule has 1 aliphatic carbocycles. The lowest BCUT2D eigenvalue weighted by Gasteiger charge is -2.59. The topological polar surface area (TPSA) is 84.5 Å². The third kappa shape index (κ3) is 4.74. The van der Waals surface area contributed by atoms with Gasteiger partial charge in [-0.05, 0) is 51.8 Å². The Labute approximate surface area is 202 Å². The van der Waals surface area contributed by atoms with Crippen molar-refractivity contribution in [1.82, 2.24) is 20.0 Å². The van der Waals surface area contributed by atoms with Crippen molar-refractivity contribution < 1.29 is 14.4 Å². The van der Waals surface area contributed by atoms with Gasteiger partial charge in [0.15, 0.2) is 5.82 Å². The molecule has 1 saturated heterocycles. The molecule has 0 saturated carbocycles. The van der Waals surface area contributed by atoms with Crippen molar-refractivity contribution in [2.24, 2.45) is 16.7 Å². The van der Waals surface area contributed by atoms with Gasteiger partial charge in [-0.1, -0.05) is 44.2 Å². The molecule has 1 N–H and O–H groups in total. The maximum Gasteiger partial charge on any atom is 0.259 e. The van der Waals surface area contributed by atoms with E-state index in [1.54, 1.807) is 12.4 Å². The third-order valence-corrected chi connectivity index (χ3v) is 7.38. The Morgan fingerprint density at radius 1 is 1.24 bits per heavy atom. The van der Waals surface area contributed by atoms with E-state index in [0.29, 0.717) is 28.8 Å². The van der Waals surface area contributed by atoms with Crippen LogP contribution in [0.2, 0.25) is 0 Å². The minimum absolute atomic E-state index is 0.0954. The van der Waals surface area contributed by atoms with Crippen LogP contribution < -0.4 is 0 Å². The van der Waals surface area contributed by atoms with Gasteiger partial charge in [-0.15, -0.1) is 0 Å². The van der Waals surface area contributed by atoms with Gasteiger partial charge in [0.1, 0.15) is 12.7 Å². The maximum atomic E-state index is 11.2. The van der Waals surface area contributed by atoms with E-state index < -0.39 is 6.10 Å². The van der Waals surface area contributed by atoms with Crippen LogP contribution in [0.4, 0.5) is 0 Å². The molecule has 184 valence electrons. The number of hydrogen-bond acceptors (Lipinski definition) is 7. The van der Waals surface area contributed by atoms with Gasteiger partial charge in [-0.2, -0.15) is 4.98 Å². The summed E-state index contributed by atoms with van der Waals surface area (Å²) < 4.78 is 11.1. The zero-order valence-electron chi connectivity index (χ0n) is 21.5. The number of allylic oxidation sites excluding steroid dienone is 2. The maximum absolute atomic E-state index is 11.2. The molecule has 0 aromatic carbocycles. The highest BCUT2D eigenvalue weighted by molar-refractivity contribution is 5.53. The molecule has 4 rings (SSSR count). The fourth-order valence-corrected chi connectivity index (χ4v) is 5.51. The number of rotatable bonds is 7. The van der Waals surface area contributed by atoms with Crippen molar-refractivity contribution in [3.63, 3.8) is 0 Å². The first-order chi connectivity index (χ1) is 15.9. The average molecular weight is 467 g/mol. The van der Waals surface area contributed by atoms with Crippen molar-refractivity contribution in [1.29, 1.82) is 0 Å². The summed E-state index contributed by atoms with van der Waals surface area (Å²) >= 11 is 0. The third-order valence-electron chi connectivity index (χ3n) is 7.38. The summed E-state index contributed by atoms with van der Waals surface area (Å²) in [5, 5.41) is 15.2. The second kappa shape index (κ2) is 9.02. The molecule has 2 unspecified atom stereocenters. The Morgan fingerprint density at radius 3 is 2.56 bits per heavy atom. The van der Waals surface area contributed by atoms with Crippen molar-refractivity contribution in [2.45, 2.75) is 66.3 Å². The quantitative estimate of drug-likeness (QED) is 0.617. The molecule has 1 fully saturated rings. The highest BCUT2D eigenvalue weighted by Crippen LogP contribution is 2.55. The molecular weight excluding hydrogens is 428 g/mol. The van der Waals surface area contributed by atoms with Crippen LogP contribution in [0.5, 0.6) is 0 Å². The van der Waals surface area contributed by atoms with E-state index in [-0.39, 0.29) is 23.0 Å². The van der Waals surface area contributed by atoms with Crippen molar-refractivity contribution in [3.8, 4) is 11.5 Å². The second-order valence-corrected chi connectivity index (χ2v) is 11.5. The number of ether oxygens (including phenoxy) is 1. The lowest BCUT2D eigenvalue weighted by Crippen LogP contribution is -2.62. The fraction of sp³-hybridized carbons (Fsp3) is 0.593. The Balaban J connectivity index is 1.50. The van der Waals surface area contributed by atoms with Crippen LogP contribution in [0.1, 0.15) is 65.5 Å². The van der Waals surface area contributed by atoms with E-state index in [1.165, 1.54) is 0 Å². The summed E-state index contributed by atoms with van der Waals surface area (Å²) in [6.45, 7) is 15.4. The van der Waals surface area contributed by atoms with Gasteiger partial charge in [-0.25, -0.2) is 0 Å². The number of aliphatic hydroxyl groups excluding tert-OH is 1. The lowest BCUT2D eigenvalue weighted by atomic mass is 9.53. The van der Waals surface area contributed by atoms with E-state index >= 15 is 0 Å². The Morgan fingerprint density at radius 2 is 1.97 bits per heavy atom. The van der Waals surface area contributed by atoms with Gasteiger partial charge in [0, 0.05) is 41.9 Å². The number of pyridine rings is 1. The molecular formula is C27H38N4O3. The molecule has 7 heteroatoms. The molecule has 3 heterocycles. The molecule has 2 aromatic rings. The van der Waals surface area contributed by atoms with Crippen LogP contribution in [-0.4, -0.2) is 50.9 Å². The van der Waals surface area contributed by atoms with Gasteiger partial charge in [-0.3, -0.25) is 4.98 Å². The van der Waals surface area contributed by atoms with E-state index in [1.807, 2.05) is 26.8 Å². The largest absolute Gasteiger partial charge is 0.384 e. The van der Waals surface area contributed by atoms with E-state index in [2.05, 4.69) is 66.1 Å². The predicted octanol–water partition coefficient (Wildman–Crippen LogP) is 4.96. The lowest BCUT2D eigenvalue weighted by molar-refractivity contribution is -0.0757. The average Bonchev–Trinajstić information content (AvgIpc) is 3.25. The molecule has 7 nitrogen and oxygen atoms in total. The molecule has 0 bridgehead atoms. The summed E-state index contributed by atoms with van der Waals surface area (Å²) in [6.07, 6.45) is 10.2. The minimum atomic E-state index is -0.766. The summed E-state index contributed by atoms with van der Waals surface area (Å²) in [5.41, 5.74) is 2.33. The van der Waals surface area contributed by atoms with E-state index in [9.17, 15) is 5.11 Å². The Kier molecular flexibility index (Phi) is 6.57. The van der Waals surface area contributed by atoms with Gasteiger partial charge >= 0.3 is 0 Å². The summed E-state index contributed by atoms with van der Waals surface area (Å²) in [7, 11) is 2.18. The van der Waals surface area contributed by atoms with Crippen LogP contribution in [0.25, 0.3) is 11.5 Å². The molecule has 2 aromatic heterocycles. The normalized spacial score (nSPS) is 23.6. The molecule has 0 radical (unpaired) electrons. The summed E-state index contributed by atoms with van der Waals surface area (Å²) in [4.78, 5) is 11.1.